The largest absolute Gasteiger partial charge is 0.505 e. The van der Waals surface area contributed by atoms with Gasteiger partial charge in [0.15, 0.2) is 0 Å². The fourth-order valence-electron chi connectivity index (χ4n) is 0.621. The molecule has 0 radical (unpaired) electrons. The molecule has 1 N–H and O–H groups in total. The lowest BCUT2D eigenvalue weighted by atomic mass is 10.3. The fraction of sp³-hybridized carbons (Fsp3) is 0.167. The first-order valence-corrected chi connectivity index (χ1v) is 4.30. The maximum absolute atomic E-state index is 12.1. The van der Waals surface area contributed by atoms with Crippen LogP contribution >= 0.6 is 34.2 Å². The summed E-state index contributed by atoms with van der Waals surface area (Å²) in [6.07, 6.45) is -1.76. The van der Waals surface area contributed by atoms with Gasteiger partial charge in [-0.2, -0.15) is 0 Å². The van der Waals surface area contributed by atoms with E-state index in [1.54, 1.807) is 22.6 Å². The van der Waals surface area contributed by atoms with Crippen LogP contribution in [0.5, 0.6) is 5.75 Å². The minimum atomic E-state index is -2.72. The number of hydrogen-bond donors (Lipinski definition) is 1. The number of nitrogens with zero attached hydrogens (tertiary/aromatic N) is 1. The van der Waals surface area contributed by atoms with E-state index in [1.165, 1.54) is 0 Å². The van der Waals surface area contributed by atoms with Crippen molar-refractivity contribution in [1.82, 2.24) is 4.98 Å². The van der Waals surface area contributed by atoms with Crippen molar-refractivity contribution in [2.45, 2.75) is 6.43 Å². The van der Waals surface area contributed by atoms with Crippen LogP contribution in [0.3, 0.4) is 0 Å². The third-order valence-electron chi connectivity index (χ3n) is 1.18. The topological polar surface area (TPSA) is 33.1 Å². The molecule has 0 saturated carbocycles. The third-order valence-corrected chi connectivity index (χ3v) is 2.97. The van der Waals surface area contributed by atoms with E-state index in [0.717, 1.165) is 6.20 Å². The van der Waals surface area contributed by atoms with E-state index in [1.807, 2.05) is 0 Å². The lowest BCUT2D eigenvalue weighted by Gasteiger charge is -2.04. The van der Waals surface area contributed by atoms with Crippen molar-refractivity contribution >= 4 is 34.2 Å². The van der Waals surface area contributed by atoms with Gasteiger partial charge in [-0.05, 0) is 22.6 Å². The van der Waals surface area contributed by atoms with Gasteiger partial charge in [-0.25, -0.2) is 13.8 Å². The van der Waals surface area contributed by atoms with E-state index in [2.05, 4.69) is 4.98 Å². The molecule has 66 valence electrons. The molecule has 0 atom stereocenters. The lowest BCUT2D eigenvalue weighted by Crippen LogP contribution is -1.93. The minimum absolute atomic E-state index is 0.189. The highest BCUT2D eigenvalue weighted by Crippen LogP contribution is 2.33. The average molecular weight is 305 g/mol. The summed E-state index contributed by atoms with van der Waals surface area (Å²) >= 11 is 7.16. The normalized spacial score (nSPS) is 10.8. The predicted molar refractivity (Wildman–Crippen MR) is 48.6 cm³/mol. The Kier molecular flexibility index (Phi) is 3.05. The van der Waals surface area contributed by atoms with E-state index in [-0.39, 0.29) is 14.3 Å². The summed E-state index contributed by atoms with van der Waals surface area (Å²) in [7, 11) is 0. The van der Waals surface area contributed by atoms with E-state index < -0.39 is 12.1 Å². The van der Waals surface area contributed by atoms with Gasteiger partial charge in [0.05, 0.1) is 14.8 Å². The number of hydrogen-bond acceptors (Lipinski definition) is 2. The lowest BCUT2D eigenvalue weighted by molar-refractivity contribution is 0.146. The standard InChI is InChI=1S/C6H3ClF2INO/c7-3-4(10)2(12)1-11-5(3)6(8)9/h1,6,12H. The third kappa shape index (κ3) is 1.77. The van der Waals surface area contributed by atoms with Gasteiger partial charge in [-0.15, -0.1) is 0 Å². The molecular weight excluding hydrogens is 302 g/mol. The van der Waals surface area contributed by atoms with Crippen LogP contribution in [0.15, 0.2) is 6.20 Å². The molecule has 0 aromatic carbocycles. The van der Waals surface area contributed by atoms with Crippen LogP contribution in [-0.4, -0.2) is 10.1 Å². The average Bonchev–Trinajstić information content (AvgIpc) is 2.00. The molecule has 0 aliphatic carbocycles. The fourth-order valence-corrected chi connectivity index (χ4v) is 1.26. The Balaban J connectivity index is 3.27. The molecule has 1 heterocycles. The molecular formula is C6H3ClF2INO. The summed E-state index contributed by atoms with van der Waals surface area (Å²) in [5.74, 6) is -0.190. The zero-order valence-electron chi connectivity index (χ0n) is 5.56. The van der Waals surface area contributed by atoms with Crippen molar-refractivity contribution in [1.29, 1.82) is 0 Å². The Morgan fingerprint density at radius 1 is 1.58 bits per heavy atom. The summed E-state index contributed by atoms with van der Waals surface area (Å²) in [6, 6.07) is 0. The molecule has 1 rings (SSSR count). The van der Waals surface area contributed by atoms with Crippen molar-refractivity contribution in [2.75, 3.05) is 0 Å². The van der Waals surface area contributed by atoms with E-state index in [4.69, 9.17) is 16.7 Å². The first kappa shape index (κ1) is 9.91. The van der Waals surface area contributed by atoms with Crippen LogP contribution in [0.4, 0.5) is 8.78 Å². The van der Waals surface area contributed by atoms with Crippen molar-refractivity contribution in [3.05, 3.63) is 20.5 Å². The molecule has 6 heteroatoms. The second-order valence-corrected chi connectivity index (χ2v) is 3.41. The number of rotatable bonds is 1. The maximum atomic E-state index is 12.1. The zero-order valence-corrected chi connectivity index (χ0v) is 8.47. The van der Waals surface area contributed by atoms with E-state index >= 15 is 0 Å². The quantitative estimate of drug-likeness (QED) is 0.809. The molecule has 1 aromatic rings. The molecule has 2 nitrogen and oxygen atoms in total. The van der Waals surface area contributed by atoms with Crippen LogP contribution < -0.4 is 0 Å². The predicted octanol–water partition coefficient (Wildman–Crippen LogP) is 2.98. The number of aromatic nitrogens is 1. The first-order valence-electron chi connectivity index (χ1n) is 2.85. The molecule has 0 saturated heterocycles. The number of alkyl halides is 2. The molecule has 0 aliphatic rings. The molecule has 1 aromatic heterocycles. The van der Waals surface area contributed by atoms with Gasteiger partial charge >= 0.3 is 0 Å². The highest BCUT2D eigenvalue weighted by molar-refractivity contribution is 14.1. The Labute approximate surface area is 85.7 Å². The molecule has 0 bridgehead atoms. The van der Waals surface area contributed by atoms with Gasteiger partial charge in [0, 0.05) is 0 Å². The molecule has 0 spiro atoms. The monoisotopic (exact) mass is 305 g/mol. The second kappa shape index (κ2) is 3.69. The van der Waals surface area contributed by atoms with Crippen molar-refractivity contribution in [3.63, 3.8) is 0 Å². The summed E-state index contributed by atoms with van der Waals surface area (Å²) in [4.78, 5) is 3.30. The van der Waals surface area contributed by atoms with E-state index in [0.29, 0.717) is 0 Å². The Morgan fingerprint density at radius 3 is 2.67 bits per heavy atom. The van der Waals surface area contributed by atoms with E-state index in [9.17, 15) is 8.78 Å². The van der Waals surface area contributed by atoms with Crippen LogP contribution in [0.1, 0.15) is 12.1 Å². The summed E-state index contributed by atoms with van der Waals surface area (Å²) in [5, 5.41) is 8.82. The van der Waals surface area contributed by atoms with Gasteiger partial charge in [-0.1, -0.05) is 11.6 Å². The number of pyridine rings is 1. The summed E-state index contributed by atoms with van der Waals surface area (Å²) in [5.41, 5.74) is -0.501. The highest BCUT2D eigenvalue weighted by Gasteiger charge is 2.17. The zero-order chi connectivity index (χ0) is 9.30. The maximum Gasteiger partial charge on any atom is 0.281 e. The van der Waals surface area contributed by atoms with Crippen molar-refractivity contribution in [3.8, 4) is 5.75 Å². The SMILES string of the molecule is Oc1cnc(C(F)F)c(Cl)c1I. The molecule has 0 fully saturated rings. The van der Waals surface area contributed by atoms with Gasteiger partial charge in [-0.3, -0.25) is 0 Å². The first-order chi connectivity index (χ1) is 5.54. The second-order valence-electron chi connectivity index (χ2n) is 1.96. The Bertz CT molecular complexity index is 308. The molecule has 0 aliphatic heterocycles. The smallest absolute Gasteiger partial charge is 0.281 e. The van der Waals surface area contributed by atoms with Gasteiger partial charge in [0.2, 0.25) is 0 Å². The Morgan fingerprint density at radius 2 is 2.17 bits per heavy atom. The van der Waals surface area contributed by atoms with Crippen LogP contribution in [0, 0.1) is 3.57 Å². The number of aromatic hydroxyl groups is 1. The summed E-state index contributed by atoms with van der Waals surface area (Å²) in [6.45, 7) is 0. The van der Waals surface area contributed by atoms with Crippen molar-refractivity contribution < 1.29 is 13.9 Å². The summed E-state index contributed by atoms with van der Waals surface area (Å²) < 4.78 is 24.4. The van der Waals surface area contributed by atoms with Crippen LogP contribution in [0.2, 0.25) is 5.02 Å². The molecule has 0 unspecified atom stereocenters. The minimum Gasteiger partial charge on any atom is -0.505 e. The van der Waals surface area contributed by atoms with Gasteiger partial charge in [0.1, 0.15) is 11.4 Å². The number of halogens is 4. The van der Waals surface area contributed by atoms with Crippen LogP contribution in [0.25, 0.3) is 0 Å². The molecule has 0 amide bonds. The van der Waals surface area contributed by atoms with Gasteiger partial charge in [0.25, 0.3) is 6.43 Å². The Hall–Kier alpha value is -0.170. The van der Waals surface area contributed by atoms with Crippen LogP contribution in [-0.2, 0) is 0 Å². The van der Waals surface area contributed by atoms with Gasteiger partial charge < -0.3 is 5.11 Å². The highest BCUT2D eigenvalue weighted by atomic mass is 127. The molecule has 12 heavy (non-hydrogen) atoms. The van der Waals surface area contributed by atoms with Crippen molar-refractivity contribution in [2.24, 2.45) is 0 Å².